The normalized spacial score (nSPS) is 10.4. The predicted octanol–water partition coefficient (Wildman–Crippen LogP) is 3.25. The molecule has 2 rings (SSSR count). The smallest absolute Gasteiger partial charge is 0.240 e. The fraction of sp³-hybridized carbons (Fsp3) is 0.222. The van der Waals surface area contributed by atoms with E-state index >= 15 is 0 Å². The molecule has 2 aromatic rings. The Morgan fingerprint density at radius 2 is 1.22 bits per heavy atom. The summed E-state index contributed by atoms with van der Waals surface area (Å²) in [7, 11) is -3.97. The van der Waals surface area contributed by atoms with Crippen molar-refractivity contribution in [3.63, 3.8) is 0 Å². The molecule has 0 aliphatic rings. The quantitative estimate of drug-likeness (QED) is 0.507. The molecule has 0 amide bonds. The Morgan fingerprint density at radius 3 is 1.56 bits per heavy atom. The molecule has 0 saturated carbocycles. The Hall–Kier alpha value is -3.25. The summed E-state index contributed by atoms with van der Waals surface area (Å²) in [5.41, 5.74) is 0.0926. The lowest BCUT2D eigenvalue weighted by molar-refractivity contribution is 0.341. The van der Waals surface area contributed by atoms with Crippen molar-refractivity contribution in [2.75, 3.05) is 13.2 Å². The fourth-order valence-electron chi connectivity index (χ4n) is 2.29. The highest BCUT2D eigenvalue weighted by atomic mass is 32.2. The second-order valence-corrected chi connectivity index (χ2v) is 6.98. The lowest BCUT2D eigenvalue weighted by Crippen LogP contribution is -2.03. The maximum atomic E-state index is 12.9. The lowest BCUT2D eigenvalue weighted by Gasteiger charge is -2.11. The molecule has 0 radical (unpaired) electrons. The van der Waals surface area contributed by atoms with Crippen molar-refractivity contribution in [1.82, 2.24) is 0 Å². The standard InChI is InChI=1S/C18H16N2O6S/c1-3-25-17-7-5-13(9-15(17)19-11-21)27(23,24)14-6-8-18(26-4-2)16(10-14)20-12-22/h5-10H,3-4H2,1-2H3. The summed E-state index contributed by atoms with van der Waals surface area (Å²) in [4.78, 5) is 28.0. The van der Waals surface area contributed by atoms with E-state index in [-0.39, 0.29) is 32.7 Å². The van der Waals surface area contributed by atoms with Crippen LogP contribution in [0.5, 0.6) is 11.5 Å². The first-order valence-corrected chi connectivity index (χ1v) is 9.40. The van der Waals surface area contributed by atoms with E-state index in [9.17, 15) is 18.0 Å². The van der Waals surface area contributed by atoms with Crippen LogP contribution in [0.15, 0.2) is 56.2 Å². The highest BCUT2D eigenvalue weighted by Crippen LogP contribution is 2.35. The molecule has 2 aromatic carbocycles. The van der Waals surface area contributed by atoms with E-state index in [1.54, 1.807) is 13.8 Å². The van der Waals surface area contributed by atoms with Crippen molar-refractivity contribution in [1.29, 1.82) is 0 Å². The van der Waals surface area contributed by atoms with Crippen LogP contribution in [0.25, 0.3) is 0 Å². The molecule has 0 unspecified atom stereocenters. The van der Waals surface area contributed by atoms with Crippen molar-refractivity contribution >= 4 is 33.4 Å². The lowest BCUT2D eigenvalue weighted by atomic mass is 10.3. The minimum absolute atomic E-state index is 0.0463. The predicted molar refractivity (Wildman–Crippen MR) is 96.2 cm³/mol. The molecular formula is C18H16N2O6S. The van der Waals surface area contributed by atoms with E-state index in [1.165, 1.54) is 48.6 Å². The van der Waals surface area contributed by atoms with E-state index in [0.29, 0.717) is 13.2 Å². The first-order chi connectivity index (χ1) is 13.0. The zero-order chi connectivity index (χ0) is 19.9. The number of aliphatic imine (C=N–C) groups is 2. The van der Waals surface area contributed by atoms with Crippen molar-refractivity contribution in [2.24, 2.45) is 9.98 Å². The van der Waals surface area contributed by atoms with Gasteiger partial charge in [-0.05, 0) is 50.2 Å². The molecule has 0 bridgehead atoms. The summed E-state index contributed by atoms with van der Waals surface area (Å²) in [5.74, 6) is 0.524. The Labute approximate surface area is 156 Å². The van der Waals surface area contributed by atoms with Crippen LogP contribution in [-0.2, 0) is 19.4 Å². The highest BCUT2D eigenvalue weighted by molar-refractivity contribution is 7.91. The molecule has 0 N–H and O–H groups in total. The summed E-state index contributed by atoms with van der Waals surface area (Å²) in [5, 5.41) is 0. The monoisotopic (exact) mass is 388 g/mol. The number of carbonyl (C=O) groups excluding carboxylic acids is 2. The molecular weight excluding hydrogens is 372 g/mol. The van der Waals surface area contributed by atoms with Gasteiger partial charge >= 0.3 is 0 Å². The first-order valence-electron chi connectivity index (χ1n) is 7.92. The van der Waals surface area contributed by atoms with Gasteiger partial charge in [-0.25, -0.2) is 18.0 Å². The van der Waals surface area contributed by atoms with Crippen LogP contribution in [0.3, 0.4) is 0 Å². The third-order valence-electron chi connectivity index (χ3n) is 3.41. The van der Waals surface area contributed by atoms with Crippen molar-refractivity contribution in [3.8, 4) is 11.5 Å². The van der Waals surface area contributed by atoms with Gasteiger partial charge in [-0.1, -0.05) is 0 Å². The van der Waals surface area contributed by atoms with Crippen molar-refractivity contribution < 1.29 is 27.5 Å². The number of isocyanates is 2. The van der Waals surface area contributed by atoms with E-state index in [2.05, 4.69) is 9.98 Å². The van der Waals surface area contributed by atoms with Crippen LogP contribution < -0.4 is 9.47 Å². The first kappa shape index (κ1) is 20.1. The number of benzene rings is 2. The van der Waals surface area contributed by atoms with Gasteiger partial charge in [-0.3, -0.25) is 0 Å². The number of ether oxygens (including phenoxy) is 2. The number of hydrogen-bond donors (Lipinski definition) is 0. The van der Waals surface area contributed by atoms with Gasteiger partial charge < -0.3 is 9.47 Å². The van der Waals surface area contributed by atoms with Crippen molar-refractivity contribution in [2.45, 2.75) is 23.6 Å². The van der Waals surface area contributed by atoms with E-state index in [1.807, 2.05) is 0 Å². The largest absolute Gasteiger partial charge is 0.492 e. The van der Waals surface area contributed by atoms with Crippen LogP contribution in [-0.4, -0.2) is 33.8 Å². The molecule has 8 nitrogen and oxygen atoms in total. The van der Waals surface area contributed by atoms with Gasteiger partial charge in [-0.15, -0.1) is 0 Å². The fourth-order valence-corrected chi connectivity index (χ4v) is 3.59. The maximum Gasteiger partial charge on any atom is 0.240 e. The highest BCUT2D eigenvalue weighted by Gasteiger charge is 2.21. The Kier molecular flexibility index (Phi) is 6.62. The average molecular weight is 388 g/mol. The molecule has 0 aliphatic carbocycles. The zero-order valence-corrected chi connectivity index (χ0v) is 15.4. The summed E-state index contributed by atoms with van der Waals surface area (Å²) >= 11 is 0. The van der Waals surface area contributed by atoms with Crippen molar-refractivity contribution in [3.05, 3.63) is 36.4 Å². The number of nitrogens with zero attached hydrogens (tertiary/aromatic N) is 2. The minimum atomic E-state index is -3.97. The summed E-state index contributed by atoms with van der Waals surface area (Å²) < 4.78 is 36.5. The molecule has 140 valence electrons. The third kappa shape index (κ3) is 4.48. The second-order valence-electron chi connectivity index (χ2n) is 5.03. The molecule has 0 saturated heterocycles. The molecule has 0 aromatic heterocycles. The number of sulfone groups is 1. The molecule has 0 atom stereocenters. The van der Waals surface area contributed by atoms with Crippen LogP contribution in [0.1, 0.15) is 13.8 Å². The molecule has 0 aliphatic heterocycles. The van der Waals surface area contributed by atoms with E-state index in [0.717, 1.165) is 0 Å². The Morgan fingerprint density at radius 1 is 0.815 bits per heavy atom. The Bertz CT molecular complexity index is 958. The van der Waals surface area contributed by atoms with Gasteiger partial charge in [0.1, 0.15) is 22.9 Å². The molecule has 0 fully saturated rings. The zero-order valence-electron chi connectivity index (χ0n) is 14.6. The van der Waals surface area contributed by atoms with Crippen LogP contribution in [0.4, 0.5) is 11.4 Å². The molecule has 0 spiro atoms. The van der Waals surface area contributed by atoms with E-state index < -0.39 is 9.84 Å². The summed E-state index contributed by atoms with van der Waals surface area (Å²) in [6, 6.07) is 7.92. The second kappa shape index (κ2) is 8.91. The van der Waals surface area contributed by atoms with Crippen LogP contribution in [0, 0.1) is 0 Å². The van der Waals surface area contributed by atoms with Gasteiger partial charge in [0.2, 0.25) is 22.0 Å². The van der Waals surface area contributed by atoms with Crippen LogP contribution >= 0.6 is 0 Å². The van der Waals surface area contributed by atoms with Gasteiger partial charge in [-0.2, -0.15) is 9.98 Å². The molecule has 27 heavy (non-hydrogen) atoms. The summed E-state index contributed by atoms with van der Waals surface area (Å²) in [6.07, 6.45) is 2.75. The van der Waals surface area contributed by atoms with Gasteiger partial charge in [0.25, 0.3) is 0 Å². The van der Waals surface area contributed by atoms with Gasteiger partial charge in [0, 0.05) is 0 Å². The van der Waals surface area contributed by atoms with E-state index in [4.69, 9.17) is 9.47 Å². The molecule has 0 heterocycles. The third-order valence-corrected chi connectivity index (χ3v) is 5.16. The maximum absolute atomic E-state index is 12.9. The van der Waals surface area contributed by atoms with Gasteiger partial charge in [0.05, 0.1) is 23.0 Å². The van der Waals surface area contributed by atoms with Crippen LogP contribution in [0.2, 0.25) is 0 Å². The number of rotatable bonds is 8. The Balaban J connectivity index is 2.58. The topological polar surface area (TPSA) is 111 Å². The molecule has 9 heteroatoms. The minimum Gasteiger partial charge on any atom is -0.492 e. The SMILES string of the molecule is CCOc1ccc(S(=O)(=O)c2ccc(OCC)c(N=C=O)c2)cc1N=C=O. The average Bonchev–Trinajstić information content (AvgIpc) is 2.65. The number of hydrogen-bond acceptors (Lipinski definition) is 8. The summed E-state index contributed by atoms with van der Waals surface area (Å²) in [6.45, 7) is 4.13. The van der Waals surface area contributed by atoms with Gasteiger partial charge in [0.15, 0.2) is 0 Å².